The smallest absolute Gasteiger partial charge is 0.317 e. The number of imidazole rings is 1. The number of rotatable bonds is 2. The number of carboxylic acids is 1. The Labute approximate surface area is 105 Å². The Kier molecular flexibility index (Phi) is 2.40. The van der Waals surface area contributed by atoms with Crippen LogP contribution in [0.15, 0.2) is 0 Å². The normalized spacial score (nSPS) is 20.6. The Hall–Kier alpha value is -1.83. The van der Waals surface area contributed by atoms with E-state index < -0.39 is 11.4 Å². The van der Waals surface area contributed by atoms with E-state index in [1.807, 2.05) is 4.57 Å². The zero-order valence-electron chi connectivity index (χ0n) is 10.1. The van der Waals surface area contributed by atoms with E-state index >= 15 is 0 Å². The number of nitrogens with zero attached hydrogens (tertiary/aromatic N) is 3. The van der Waals surface area contributed by atoms with Gasteiger partial charge in [-0.1, -0.05) is 6.42 Å². The van der Waals surface area contributed by atoms with Crippen molar-refractivity contribution in [2.24, 2.45) is 0 Å². The van der Waals surface area contributed by atoms with Crippen molar-refractivity contribution in [3.05, 3.63) is 17.2 Å². The molecular weight excluding hydrogens is 230 g/mol. The average molecular weight is 245 g/mol. The van der Waals surface area contributed by atoms with E-state index in [4.69, 9.17) is 5.26 Å². The maximum atomic E-state index is 11.6. The van der Waals surface area contributed by atoms with Crippen molar-refractivity contribution in [2.75, 3.05) is 0 Å². The first-order valence-electron chi connectivity index (χ1n) is 6.42. The van der Waals surface area contributed by atoms with Crippen molar-refractivity contribution in [1.29, 1.82) is 5.26 Å². The van der Waals surface area contributed by atoms with Gasteiger partial charge in [-0.2, -0.15) is 5.26 Å². The molecule has 2 heterocycles. The minimum absolute atomic E-state index is 0.428. The molecule has 0 radical (unpaired) electrons. The molecule has 1 aliphatic carbocycles. The molecule has 0 amide bonds. The lowest BCUT2D eigenvalue weighted by molar-refractivity contribution is -0.148. The van der Waals surface area contributed by atoms with Gasteiger partial charge in [0, 0.05) is 6.54 Å². The highest BCUT2D eigenvalue weighted by molar-refractivity contribution is 5.81. The second-order valence-corrected chi connectivity index (χ2v) is 5.19. The molecule has 1 fully saturated rings. The third-order valence-electron chi connectivity index (χ3n) is 4.27. The van der Waals surface area contributed by atoms with Crippen LogP contribution < -0.4 is 0 Å². The number of aromatic nitrogens is 2. The molecule has 3 rings (SSSR count). The summed E-state index contributed by atoms with van der Waals surface area (Å²) in [7, 11) is 0. The molecule has 0 atom stereocenters. The predicted molar refractivity (Wildman–Crippen MR) is 63.0 cm³/mol. The van der Waals surface area contributed by atoms with Gasteiger partial charge in [0.2, 0.25) is 0 Å². The van der Waals surface area contributed by atoms with Gasteiger partial charge in [0.1, 0.15) is 17.3 Å². The van der Waals surface area contributed by atoms with Gasteiger partial charge in [-0.3, -0.25) is 4.79 Å². The minimum Gasteiger partial charge on any atom is -0.480 e. The van der Waals surface area contributed by atoms with E-state index in [2.05, 4.69) is 11.1 Å². The van der Waals surface area contributed by atoms with Crippen LogP contribution in [0, 0.1) is 11.3 Å². The molecule has 5 heteroatoms. The van der Waals surface area contributed by atoms with Crippen molar-refractivity contribution >= 4 is 5.97 Å². The van der Waals surface area contributed by atoms with E-state index in [0.717, 1.165) is 37.9 Å². The Morgan fingerprint density at radius 3 is 2.72 bits per heavy atom. The lowest BCUT2D eigenvalue weighted by atomic mass is 9.68. The summed E-state index contributed by atoms with van der Waals surface area (Å²) < 4.78 is 2.00. The molecule has 18 heavy (non-hydrogen) atoms. The first kappa shape index (κ1) is 11.3. The van der Waals surface area contributed by atoms with Gasteiger partial charge in [-0.15, -0.1) is 0 Å². The summed E-state index contributed by atoms with van der Waals surface area (Å²) in [5, 5.41) is 18.6. The van der Waals surface area contributed by atoms with Gasteiger partial charge < -0.3 is 9.67 Å². The lowest BCUT2D eigenvalue weighted by Crippen LogP contribution is -2.45. The molecule has 0 saturated heterocycles. The van der Waals surface area contributed by atoms with Gasteiger partial charge in [-0.05, 0) is 32.1 Å². The van der Waals surface area contributed by atoms with E-state index in [-0.39, 0.29) is 0 Å². The lowest BCUT2D eigenvalue weighted by Gasteiger charge is -2.37. The topological polar surface area (TPSA) is 78.9 Å². The zero-order valence-corrected chi connectivity index (χ0v) is 10.1. The zero-order chi connectivity index (χ0) is 12.8. The molecule has 0 unspecified atom stereocenters. The summed E-state index contributed by atoms with van der Waals surface area (Å²) in [6.07, 6.45) is 5.14. The third-order valence-corrected chi connectivity index (χ3v) is 4.27. The highest BCUT2D eigenvalue weighted by Crippen LogP contribution is 2.44. The van der Waals surface area contributed by atoms with Crippen LogP contribution in [0.3, 0.4) is 0 Å². The molecule has 1 saturated carbocycles. The number of aliphatic carboxylic acids is 1. The standard InChI is InChI=1S/C13H15N3O2/c14-8-9-10-4-1-2-7-16(10)11(15-9)13(12(17)18)5-3-6-13/h1-7H2,(H,17,18). The largest absolute Gasteiger partial charge is 0.480 e. The first-order chi connectivity index (χ1) is 8.69. The first-order valence-corrected chi connectivity index (χ1v) is 6.42. The summed E-state index contributed by atoms with van der Waals surface area (Å²) >= 11 is 0. The second kappa shape index (κ2) is 3.84. The van der Waals surface area contributed by atoms with Gasteiger partial charge in [0.25, 0.3) is 0 Å². The average Bonchev–Trinajstić information content (AvgIpc) is 2.67. The van der Waals surface area contributed by atoms with Crippen molar-refractivity contribution in [3.8, 4) is 6.07 Å². The van der Waals surface area contributed by atoms with E-state index in [1.165, 1.54) is 0 Å². The predicted octanol–water partition coefficient (Wildman–Crippen LogP) is 1.60. The highest BCUT2D eigenvalue weighted by Gasteiger charge is 2.50. The molecule has 2 aliphatic rings. The van der Waals surface area contributed by atoms with Crippen LogP contribution in [0.25, 0.3) is 0 Å². The van der Waals surface area contributed by atoms with Crippen LogP contribution in [0.4, 0.5) is 0 Å². The minimum atomic E-state index is -0.832. The number of hydrogen-bond donors (Lipinski definition) is 1. The van der Waals surface area contributed by atoms with Crippen molar-refractivity contribution < 1.29 is 9.90 Å². The van der Waals surface area contributed by atoms with E-state index in [9.17, 15) is 9.90 Å². The second-order valence-electron chi connectivity index (χ2n) is 5.19. The maximum absolute atomic E-state index is 11.6. The number of carbonyl (C=O) groups is 1. The number of hydrogen-bond acceptors (Lipinski definition) is 3. The fourth-order valence-corrected chi connectivity index (χ4v) is 3.06. The highest BCUT2D eigenvalue weighted by atomic mass is 16.4. The van der Waals surface area contributed by atoms with Crippen molar-refractivity contribution in [3.63, 3.8) is 0 Å². The molecule has 1 N–H and O–H groups in total. The fourth-order valence-electron chi connectivity index (χ4n) is 3.06. The van der Waals surface area contributed by atoms with Crippen molar-refractivity contribution in [1.82, 2.24) is 9.55 Å². The molecule has 5 nitrogen and oxygen atoms in total. The number of nitriles is 1. The molecule has 1 aromatic rings. The van der Waals surface area contributed by atoms with Crippen LogP contribution >= 0.6 is 0 Å². The Morgan fingerprint density at radius 1 is 1.39 bits per heavy atom. The molecular formula is C13H15N3O2. The molecule has 94 valence electrons. The van der Waals surface area contributed by atoms with Gasteiger partial charge in [-0.25, -0.2) is 4.98 Å². The van der Waals surface area contributed by atoms with Crippen molar-refractivity contribution in [2.45, 2.75) is 50.5 Å². The molecule has 1 aliphatic heterocycles. The van der Waals surface area contributed by atoms with E-state index in [1.54, 1.807) is 0 Å². The van der Waals surface area contributed by atoms with Crippen LogP contribution in [0.2, 0.25) is 0 Å². The number of carboxylic acid groups (broad SMARTS) is 1. The quantitative estimate of drug-likeness (QED) is 0.858. The maximum Gasteiger partial charge on any atom is 0.317 e. The molecule has 1 aromatic heterocycles. The SMILES string of the molecule is N#Cc1nc(C2(C(=O)O)CCC2)n2c1CCCC2. The van der Waals surface area contributed by atoms with Gasteiger partial charge in [0.05, 0.1) is 5.69 Å². The Bertz CT molecular complexity index is 549. The van der Waals surface area contributed by atoms with Gasteiger partial charge in [0.15, 0.2) is 5.69 Å². The van der Waals surface area contributed by atoms with Crippen LogP contribution in [-0.4, -0.2) is 20.6 Å². The Balaban J connectivity index is 2.15. The van der Waals surface area contributed by atoms with Gasteiger partial charge >= 0.3 is 5.97 Å². The van der Waals surface area contributed by atoms with E-state index in [0.29, 0.717) is 24.4 Å². The molecule has 0 spiro atoms. The monoisotopic (exact) mass is 245 g/mol. The Morgan fingerprint density at radius 2 is 2.17 bits per heavy atom. The summed E-state index contributed by atoms with van der Waals surface area (Å²) in [4.78, 5) is 15.9. The molecule has 0 bridgehead atoms. The van der Waals surface area contributed by atoms with Crippen LogP contribution in [-0.2, 0) is 23.2 Å². The summed E-state index contributed by atoms with van der Waals surface area (Å²) in [5.74, 6) is -0.177. The van der Waals surface area contributed by atoms with Crippen LogP contribution in [0.1, 0.15) is 49.3 Å². The summed E-state index contributed by atoms with van der Waals surface area (Å²) in [5.41, 5.74) is 0.532. The summed E-state index contributed by atoms with van der Waals surface area (Å²) in [6.45, 7) is 0.800. The third kappa shape index (κ3) is 1.32. The fraction of sp³-hybridized carbons (Fsp3) is 0.615. The summed E-state index contributed by atoms with van der Waals surface area (Å²) in [6, 6.07) is 2.11. The van der Waals surface area contributed by atoms with Crippen LogP contribution in [0.5, 0.6) is 0 Å². The molecule has 0 aromatic carbocycles. The number of fused-ring (bicyclic) bond motifs is 1.